The molecule has 0 saturated carbocycles. The van der Waals surface area contributed by atoms with Gasteiger partial charge >= 0.3 is 0 Å². The van der Waals surface area contributed by atoms with E-state index in [0.29, 0.717) is 23.7 Å². The molecule has 4 heterocycles. The second kappa shape index (κ2) is 14.4. The Morgan fingerprint density at radius 2 is 1.25 bits per heavy atom. The second-order valence-corrected chi connectivity index (χ2v) is 12.0. The molecule has 0 fully saturated rings. The van der Waals surface area contributed by atoms with Crippen LogP contribution in [0.3, 0.4) is 0 Å². The zero-order valence-electron chi connectivity index (χ0n) is 27.6. The molecule has 2 aliphatic carbocycles. The molecule has 0 saturated heterocycles. The third kappa shape index (κ3) is 6.68. The van der Waals surface area contributed by atoms with E-state index in [9.17, 15) is 0 Å². The summed E-state index contributed by atoms with van der Waals surface area (Å²) in [5, 5.41) is 9.47. The maximum Gasteiger partial charge on any atom is 0.229 e. The minimum atomic E-state index is 0. The molecule has 6 aromatic rings. The smallest absolute Gasteiger partial charge is 0.229 e. The van der Waals surface area contributed by atoms with E-state index >= 15 is 0 Å². The summed E-state index contributed by atoms with van der Waals surface area (Å²) in [6, 6.07) is 16.6. The highest BCUT2D eigenvalue weighted by molar-refractivity contribution is 5.87. The maximum atomic E-state index is 5.36. The number of methoxy groups -OCH3 is 3. The molecule has 0 spiro atoms. The molecule has 0 bridgehead atoms. The van der Waals surface area contributed by atoms with Crippen LogP contribution in [0.15, 0.2) is 60.9 Å². The zero-order valence-corrected chi connectivity index (χ0v) is 28.4. The molecule has 0 aliphatic heterocycles. The Hall–Kier alpha value is -5.03. The number of halogens is 1. The van der Waals surface area contributed by atoms with E-state index in [1.165, 1.54) is 44.4 Å². The number of ether oxygens (including phenoxy) is 3. The van der Waals surface area contributed by atoms with Crippen LogP contribution in [0.4, 0.5) is 11.9 Å². The number of fused-ring (bicyclic) bond motifs is 6. The predicted molar refractivity (Wildman–Crippen MR) is 191 cm³/mol. The maximum absolute atomic E-state index is 5.36. The molecule has 0 amide bonds. The summed E-state index contributed by atoms with van der Waals surface area (Å²) in [7, 11) is 4.88. The number of benzene rings is 2. The van der Waals surface area contributed by atoms with E-state index in [-0.39, 0.29) is 24.5 Å². The van der Waals surface area contributed by atoms with Crippen LogP contribution in [0.25, 0.3) is 21.8 Å². The number of nitrogens with zero attached hydrogens (tertiary/aromatic N) is 4. The summed E-state index contributed by atoms with van der Waals surface area (Å²) >= 11 is 0. The number of H-pyrrole nitrogens is 2. The third-order valence-electron chi connectivity index (χ3n) is 9.05. The summed E-state index contributed by atoms with van der Waals surface area (Å²) in [4.78, 5) is 24.5. The molecular formula is C36H41ClN8O3. The normalized spacial score (nSPS) is 16.5. The predicted octanol–water partition coefficient (Wildman–Crippen LogP) is 7.65. The van der Waals surface area contributed by atoms with Crippen molar-refractivity contribution in [1.82, 2.24) is 29.9 Å². The topological polar surface area (TPSA) is 135 Å². The van der Waals surface area contributed by atoms with E-state index in [2.05, 4.69) is 77.8 Å². The summed E-state index contributed by atoms with van der Waals surface area (Å²) in [6.07, 6.45) is 10.1. The van der Waals surface area contributed by atoms with Crippen LogP contribution in [0.5, 0.6) is 17.5 Å². The Labute approximate surface area is 285 Å². The van der Waals surface area contributed by atoms with E-state index in [0.717, 1.165) is 49.8 Å². The van der Waals surface area contributed by atoms with Crippen LogP contribution < -0.4 is 24.8 Å². The van der Waals surface area contributed by atoms with E-state index < -0.39 is 0 Å². The lowest BCUT2D eigenvalue weighted by Gasteiger charge is -2.24. The van der Waals surface area contributed by atoms with Crippen molar-refractivity contribution in [3.8, 4) is 17.5 Å². The Balaban J connectivity index is 0.000000165. The van der Waals surface area contributed by atoms with Crippen molar-refractivity contribution in [3.05, 3.63) is 89.0 Å². The summed E-state index contributed by atoms with van der Waals surface area (Å²) in [5.74, 6) is 3.06. The SMILES string of the molecule is COc1cc(OC)nc(NC2CCCc3c2[nH]c2ccc(C)cc32)n1.COc1ccc2[nH]c3c(c2c1)CCCC3Nc1ncccn1.Cl. The quantitative estimate of drug-likeness (QED) is 0.135. The van der Waals surface area contributed by atoms with Crippen LogP contribution in [-0.4, -0.2) is 51.2 Å². The second-order valence-electron chi connectivity index (χ2n) is 12.0. The minimum absolute atomic E-state index is 0. The number of aromatic nitrogens is 6. The number of rotatable bonds is 7. The lowest BCUT2D eigenvalue weighted by Crippen LogP contribution is -2.18. The Morgan fingerprint density at radius 1 is 0.688 bits per heavy atom. The summed E-state index contributed by atoms with van der Waals surface area (Å²) in [6.45, 7) is 2.13. The monoisotopic (exact) mass is 668 g/mol. The van der Waals surface area contributed by atoms with E-state index in [1.54, 1.807) is 39.8 Å². The van der Waals surface area contributed by atoms with Gasteiger partial charge in [-0.05, 0) is 93.0 Å². The van der Waals surface area contributed by atoms with Crippen LogP contribution in [-0.2, 0) is 12.8 Å². The van der Waals surface area contributed by atoms with Gasteiger partial charge < -0.3 is 34.8 Å². The van der Waals surface area contributed by atoms with Gasteiger partial charge in [0.25, 0.3) is 0 Å². The van der Waals surface area contributed by atoms with E-state index in [4.69, 9.17) is 14.2 Å². The molecule has 8 rings (SSSR count). The molecule has 12 heteroatoms. The van der Waals surface area contributed by atoms with Crippen molar-refractivity contribution in [2.75, 3.05) is 32.0 Å². The first kappa shape index (κ1) is 32.9. The molecule has 11 nitrogen and oxygen atoms in total. The van der Waals surface area contributed by atoms with Gasteiger partial charge in [0, 0.05) is 45.6 Å². The molecule has 0 radical (unpaired) electrons. The van der Waals surface area contributed by atoms with E-state index in [1.807, 2.05) is 12.1 Å². The standard InChI is InChI=1S/C19H22N4O2.C17H18N4O.ClH/c1-11-7-8-14-13(9-11)12-5-4-6-15(18(12)20-14)21-19-22-16(24-2)10-17(23-19)25-3;1-22-11-6-7-14-13(10-11)12-4-2-5-15(16(12)20-14)21-17-18-8-3-9-19-17;/h7-10,15,20H,4-6H2,1-3H3,(H,21,22,23);3,6-10,15,20H,2,4-5H2,1H3,(H,18,19,21);1H. The van der Waals surface area contributed by atoms with Crippen molar-refractivity contribution in [1.29, 1.82) is 0 Å². The van der Waals surface area contributed by atoms with Crippen molar-refractivity contribution in [2.45, 2.75) is 57.5 Å². The van der Waals surface area contributed by atoms with Gasteiger partial charge in [0.2, 0.25) is 23.7 Å². The molecule has 2 aromatic carbocycles. The Bertz CT molecular complexity index is 1990. The summed E-state index contributed by atoms with van der Waals surface area (Å²) in [5.41, 5.74) is 8.90. The fourth-order valence-electron chi connectivity index (χ4n) is 6.80. The van der Waals surface area contributed by atoms with Gasteiger partial charge in [-0.1, -0.05) is 11.6 Å². The van der Waals surface area contributed by atoms with Crippen LogP contribution in [0, 0.1) is 6.92 Å². The van der Waals surface area contributed by atoms with Gasteiger partial charge in [-0.2, -0.15) is 9.97 Å². The van der Waals surface area contributed by atoms with Gasteiger partial charge in [-0.3, -0.25) is 0 Å². The van der Waals surface area contributed by atoms with Crippen LogP contribution >= 0.6 is 12.4 Å². The first-order valence-corrected chi connectivity index (χ1v) is 16.1. The van der Waals surface area contributed by atoms with Crippen molar-refractivity contribution >= 4 is 46.1 Å². The third-order valence-corrected chi connectivity index (χ3v) is 9.05. The first-order chi connectivity index (χ1) is 23.0. The van der Waals surface area contributed by atoms with Gasteiger partial charge in [-0.15, -0.1) is 12.4 Å². The number of nitrogens with one attached hydrogen (secondary N) is 4. The Kier molecular flexibility index (Phi) is 9.86. The van der Waals surface area contributed by atoms with Gasteiger partial charge in [0.05, 0.1) is 39.5 Å². The molecule has 250 valence electrons. The number of hydrogen-bond acceptors (Lipinski definition) is 9. The molecule has 4 N–H and O–H groups in total. The fourth-order valence-corrected chi connectivity index (χ4v) is 6.80. The van der Waals surface area contributed by atoms with Crippen molar-refractivity contribution in [2.24, 2.45) is 0 Å². The first-order valence-electron chi connectivity index (χ1n) is 16.1. The van der Waals surface area contributed by atoms with Gasteiger partial charge in [0.1, 0.15) is 5.75 Å². The molecule has 2 aliphatic rings. The fraction of sp³-hybridized carbons (Fsp3) is 0.333. The molecule has 48 heavy (non-hydrogen) atoms. The highest BCUT2D eigenvalue weighted by Gasteiger charge is 2.26. The average molecular weight is 669 g/mol. The van der Waals surface area contributed by atoms with Crippen LogP contribution in [0.2, 0.25) is 0 Å². The van der Waals surface area contributed by atoms with Crippen molar-refractivity contribution < 1.29 is 14.2 Å². The van der Waals surface area contributed by atoms with Crippen LogP contribution in [0.1, 0.15) is 65.8 Å². The molecule has 2 unspecified atom stereocenters. The molecule has 2 atom stereocenters. The van der Waals surface area contributed by atoms with Gasteiger partial charge in [-0.25, -0.2) is 9.97 Å². The Morgan fingerprint density at radius 3 is 1.83 bits per heavy atom. The van der Waals surface area contributed by atoms with Gasteiger partial charge in [0.15, 0.2) is 0 Å². The summed E-state index contributed by atoms with van der Waals surface area (Å²) < 4.78 is 15.8. The zero-order chi connectivity index (χ0) is 32.3. The highest BCUT2D eigenvalue weighted by Crippen LogP contribution is 2.38. The highest BCUT2D eigenvalue weighted by atomic mass is 35.5. The molecular weight excluding hydrogens is 628 g/mol. The number of anilines is 2. The number of hydrogen-bond donors (Lipinski definition) is 4. The average Bonchev–Trinajstić information content (AvgIpc) is 3.68. The molecule has 4 aromatic heterocycles. The van der Waals surface area contributed by atoms with Crippen molar-refractivity contribution in [3.63, 3.8) is 0 Å². The minimum Gasteiger partial charge on any atom is -0.497 e. The lowest BCUT2D eigenvalue weighted by atomic mass is 9.91. The largest absolute Gasteiger partial charge is 0.497 e. The number of aryl methyl sites for hydroxylation is 3. The lowest BCUT2D eigenvalue weighted by molar-refractivity contribution is 0.372. The number of aromatic amines is 2.